The Balaban J connectivity index is 2.03. The molecule has 8 nitrogen and oxygen atoms in total. The Morgan fingerprint density at radius 2 is 2.00 bits per heavy atom. The Labute approximate surface area is 164 Å². The lowest BCUT2D eigenvalue weighted by atomic mass is 9.98. The van der Waals surface area contributed by atoms with Crippen LogP contribution in [0.15, 0.2) is 34.7 Å². The fourth-order valence-corrected chi connectivity index (χ4v) is 4.03. The third-order valence-corrected chi connectivity index (χ3v) is 5.16. The molecule has 0 bridgehead atoms. The first-order valence-corrected chi connectivity index (χ1v) is 10.4. The third-order valence-electron chi connectivity index (χ3n) is 4.57. The van der Waals surface area contributed by atoms with Crippen molar-refractivity contribution in [3.63, 3.8) is 0 Å². The number of anilines is 1. The Kier molecular flexibility index (Phi) is 4.47. The van der Waals surface area contributed by atoms with E-state index in [1.54, 1.807) is 0 Å². The van der Waals surface area contributed by atoms with E-state index in [9.17, 15) is 27.8 Å². The quantitative estimate of drug-likeness (QED) is 0.578. The molecule has 0 spiro atoms. The Bertz CT molecular complexity index is 1230. The second-order valence-electron chi connectivity index (χ2n) is 6.72. The number of carbonyl (C=O) groups is 1. The average molecular weight is 421 g/mol. The van der Waals surface area contributed by atoms with Gasteiger partial charge in [-0.25, -0.2) is 17.6 Å². The maximum Gasteiger partial charge on any atom is 0.340 e. The summed E-state index contributed by atoms with van der Waals surface area (Å²) in [5, 5.41) is 19.6. The topological polar surface area (TPSA) is 126 Å². The van der Waals surface area contributed by atoms with E-state index in [0.717, 1.165) is 6.26 Å². The SMILES string of the molecule is CS(=O)(=O)Nc1cc2oc(-c3ccc(F)cc3)c(C(=O)O)c2c2c1OC(CO)C2. The van der Waals surface area contributed by atoms with Gasteiger partial charge in [0.25, 0.3) is 0 Å². The number of carboxylic acids is 1. The van der Waals surface area contributed by atoms with Gasteiger partial charge >= 0.3 is 5.97 Å². The van der Waals surface area contributed by atoms with Crippen molar-refractivity contribution in [2.24, 2.45) is 0 Å². The number of fused-ring (bicyclic) bond motifs is 3. The molecule has 0 saturated heterocycles. The number of hydrogen-bond acceptors (Lipinski definition) is 6. The molecule has 10 heteroatoms. The Hall–Kier alpha value is -3.11. The molecule has 0 amide bonds. The summed E-state index contributed by atoms with van der Waals surface area (Å²) in [6.45, 7) is -0.334. The molecule has 1 aliphatic rings. The van der Waals surface area contributed by atoms with Crippen LogP contribution in [0.1, 0.15) is 15.9 Å². The van der Waals surface area contributed by atoms with E-state index in [-0.39, 0.29) is 46.8 Å². The summed E-state index contributed by atoms with van der Waals surface area (Å²) in [5.74, 6) is -1.59. The molecule has 2 aromatic carbocycles. The summed E-state index contributed by atoms with van der Waals surface area (Å²) in [7, 11) is -3.66. The number of carboxylic acid groups (broad SMARTS) is 1. The van der Waals surface area contributed by atoms with Crippen molar-refractivity contribution in [3.8, 4) is 17.1 Å². The summed E-state index contributed by atoms with van der Waals surface area (Å²) >= 11 is 0. The average Bonchev–Trinajstić information content (AvgIpc) is 3.22. The van der Waals surface area contributed by atoms with Crippen molar-refractivity contribution in [2.45, 2.75) is 12.5 Å². The summed E-state index contributed by atoms with van der Waals surface area (Å²) in [4.78, 5) is 12.1. The van der Waals surface area contributed by atoms with Gasteiger partial charge in [0.15, 0.2) is 0 Å². The van der Waals surface area contributed by atoms with Crippen LogP contribution in [-0.4, -0.2) is 43.6 Å². The number of ether oxygens (including phenoxy) is 1. The van der Waals surface area contributed by atoms with Crippen molar-refractivity contribution >= 4 is 32.6 Å². The number of hydrogen-bond donors (Lipinski definition) is 3. The van der Waals surface area contributed by atoms with Crippen molar-refractivity contribution in [3.05, 3.63) is 47.3 Å². The molecule has 3 N–H and O–H groups in total. The zero-order valence-electron chi connectivity index (χ0n) is 15.1. The number of aromatic carboxylic acids is 1. The van der Waals surface area contributed by atoms with Crippen LogP contribution in [0.3, 0.4) is 0 Å². The summed E-state index contributed by atoms with van der Waals surface area (Å²) in [6.07, 6.45) is 0.489. The van der Waals surface area contributed by atoms with Gasteiger partial charge in [-0.1, -0.05) is 0 Å². The van der Waals surface area contributed by atoms with Crippen LogP contribution in [0.2, 0.25) is 0 Å². The van der Waals surface area contributed by atoms with Crippen LogP contribution in [0.4, 0.5) is 10.1 Å². The number of benzene rings is 2. The highest BCUT2D eigenvalue weighted by molar-refractivity contribution is 7.92. The molecule has 0 radical (unpaired) electrons. The molecule has 0 saturated carbocycles. The first kappa shape index (κ1) is 19.2. The lowest BCUT2D eigenvalue weighted by Crippen LogP contribution is -2.18. The summed E-state index contributed by atoms with van der Waals surface area (Å²) in [5.41, 5.74) is 0.846. The molecule has 4 rings (SSSR count). The first-order chi connectivity index (χ1) is 13.7. The van der Waals surface area contributed by atoms with E-state index in [4.69, 9.17) is 9.15 Å². The van der Waals surface area contributed by atoms with E-state index in [1.807, 2.05) is 0 Å². The van der Waals surface area contributed by atoms with E-state index in [1.165, 1.54) is 30.3 Å². The second-order valence-corrected chi connectivity index (χ2v) is 8.47. The summed E-state index contributed by atoms with van der Waals surface area (Å²) < 4.78 is 50.5. The standard InChI is InChI=1S/C19H16FNO7S/c1-29(25,26)21-13-7-14-15(12-6-11(8-22)27-18(12)13)16(19(23)24)17(28-14)9-2-4-10(20)5-3-9/h2-5,7,11,21-22H,6,8H2,1H3,(H,23,24). The van der Waals surface area contributed by atoms with Gasteiger partial charge in [0, 0.05) is 29.0 Å². The molecule has 152 valence electrons. The Morgan fingerprint density at radius 1 is 1.31 bits per heavy atom. The fourth-order valence-electron chi connectivity index (χ4n) is 3.47. The molecular weight excluding hydrogens is 405 g/mol. The van der Waals surface area contributed by atoms with E-state index >= 15 is 0 Å². The zero-order chi connectivity index (χ0) is 20.9. The molecule has 2 heterocycles. The molecule has 3 aromatic rings. The molecule has 1 unspecified atom stereocenters. The fraction of sp³-hybridized carbons (Fsp3) is 0.211. The summed E-state index contributed by atoms with van der Waals surface area (Å²) in [6, 6.07) is 6.49. The van der Waals surface area contributed by atoms with Gasteiger partial charge in [0.2, 0.25) is 10.0 Å². The van der Waals surface area contributed by atoms with Crippen molar-refractivity contribution in [1.82, 2.24) is 0 Å². The predicted octanol–water partition coefficient (Wildman–Crippen LogP) is 2.60. The highest BCUT2D eigenvalue weighted by Crippen LogP contribution is 2.46. The highest BCUT2D eigenvalue weighted by Gasteiger charge is 2.33. The molecule has 1 aromatic heterocycles. The second kappa shape index (κ2) is 6.75. The van der Waals surface area contributed by atoms with Gasteiger partial charge in [-0.2, -0.15) is 0 Å². The lowest BCUT2D eigenvalue weighted by molar-refractivity contribution is 0.0699. The molecular formula is C19H16FNO7S. The van der Waals surface area contributed by atoms with Gasteiger partial charge < -0.3 is 19.4 Å². The highest BCUT2D eigenvalue weighted by atomic mass is 32.2. The number of aliphatic hydroxyl groups is 1. The van der Waals surface area contributed by atoms with Crippen molar-refractivity contribution in [2.75, 3.05) is 17.6 Å². The smallest absolute Gasteiger partial charge is 0.340 e. The van der Waals surface area contributed by atoms with Gasteiger partial charge in [-0.3, -0.25) is 4.72 Å². The minimum Gasteiger partial charge on any atom is -0.485 e. The third kappa shape index (κ3) is 3.40. The lowest BCUT2D eigenvalue weighted by Gasteiger charge is -2.11. The normalized spacial score (nSPS) is 15.9. The van der Waals surface area contributed by atoms with E-state index in [0.29, 0.717) is 11.1 Å². The maximum absolute atomic E-state index is 13.3. The predicted molar refractivity (Wildman–Crippen MR) is 102 cm³/mol. The van der Waals surface area contributed by atoms with Gasteiger partial charge in [-0.05, 0) is 24.3 Å². The van der Waals surface area contributed by atoms with Crippen molar-refractivity contribution in [1.29, 1.82) is 0 Å². The maximum atomic E-state index is 13.3. The number of halogens is 1. The van der Waals surface area contributed by atoms with Crippen molar-refractivity contribution < 1.29 is 37.0 Å². The molecule has 0 fully saturated rings. The number of furan rings is 1. The molecule has 1 atom stereocenters. The van der Waals surface area contributed by atoms with Gasteiger partial charge in [0.1, 0.15) is 34.6 Å². The van der Waals surface area contributed by atoms with Crippen LogP contribution in [0.5, 0.6) is 5.75 Å². The minimum absolute atomic E-state index is 0.0126. The van der Waals surface area contributed by atoms with E-state index in [2.05, 4.69) is 4.72 Å². The zero-order valence-corrected chi connectivity index (χ0v) is 15.9. The number of sulfonamides is 1. The molecule has 29 heavy (non-hydrogen) atoms. The van der Waals surface area contributed by atoms with Crippen LogP contribution >= 0.6 is 0 Å². The van der Waals surface area contributed by atoms with Crippen LogP contribution in [0.25, 0.3) is 22.3 Å². The van der Waals surface area contributed by atoms with E-state index < -0.39 is 27.9 Å². The minimum atomic E-state index is -3.66. The number of nitrogens with one attached hydrogen (secondary N) is 1. The van der Waals surface area contributed by atoms with Gasteiger partial charge in [0.05, 0.1) is 18.6 Å². The Morgan fingerprint density at radius 3 is 2.59 bits per heavy atom. The van der Waals surface area contributed by atoms with Crippen LogP contribution in [0, 0.1) is 5.82 Å². The largest absolute Gasteiger partial charge is 0.485 e. The molecule has 0 aliphatic carbocycles. The number of rotatable bonds is 5. The van der Waals surface area contributed by atoms with Gasteiger partial charge in [-0.15, -0.1) is 0 Å². The monoisotopic (exact) mass is 421 g/mol. The van der Waals surface area contributed by atoms with Crippen LogP contribution < -0.4 is 9.46 Å². The first-order valence-electron chi connectivity index (χ1n) is 8.55. The number of aliphatic hydroxyl groups excluding tert-OH is 1. The molecule has 1 aliphatic heterocycles. The van der Waals surface area contributed by atoms with Crippen LogP contribution in [-0.2, 0) is 16.4 Å².